The van der Waals surface area contributed by atoms with Crippen LogP contribution in [-0.2, 0) is 4.57 Å². The highest BCUT2D eigenvalue weighted by Gasteiger charge is 1.92. The van der Waals surface area contributed by atoms with Gasteiger partial charge in [0.1, 0.15) is 5.38 Å². The summed E-state index contributed by atoms with van der Waals surface area (Å²) in [4.78, 5) is 15.3. The Balaban J connectivity index is 3.47. The van der Waals surface area contributed by atoms with Crippen LogP contribution in [0, 0.1) is 0 Å². The zero-order valence-corrected chi connectivity index (χ0v) is 4.77. The molecule has 0 fully saturated rings. The molecule has 0 spiro atoms. The van der Waals surface area contributed by atoms with Crippen molar-refractivity contribution in [1.82, 2.24) is 0 Å². The van der Waals surface area contributed by atoms with Crippen molar-refractivity contribution in [2.24, 2.45) is 0 Å². The third kappa shape index (κ3) is 49.8. The minimum Gasteiger partial charge on any atom is -0.350 e. The number of hydrogen-bond acceptors (Lipinski definition) is 1. The quantitative estimate of drug-likeness (QED) is 0.315. The molecule has 0 heterocycles. The van der Waals surface area contributed by atoms with Crippen LogP contribution in [0.4, 0.5) is 0 Å². The largest absolute Gasteiger partial charge is 0.436 e. The van der Waals surface area contributed by atoms with Gasteiger partial charge in [0.25, 0.3) is 0 Å². The van der Waals surface area contributed by atoms with Crippen molar-refractivity contribution in [3.63, 3.8) is 0 Å². The van der Waals surface area contributed by atoms with Gasteiger partial charge in [-0.05, 0) is 0 Å². The van der Waals surface area contributed by atoms with Gasteiger partial charge in [0.05, 0.1) is 0 Å². The normalized spacial score (nSPS) is 11.4. The molecule has 0 saturated carbocycles. The van der Waals surface area contributed by atoms with Gasteiger partial charge in [-0.25, -0.2) is 0 Å². The first-order valence-corrected chi connectivity index (χ1v) is 4.59. The maximum Gasteiger partial charge on any atom is 0.436 e. The fraction of sp³-hybridized carbons (Fsp3) is 0. The van der Waals surface area contributed by atoms with Crippen LogP contribution in [0.3, 0.4) is 0 Å². The van der Waals surface area contributed by atoms with E-state index in [2.05, 4.69) is 0 Å². The van der Waals surface area contributed by atoms with Gasteiger partial charge in [0.15, 0.2) is 0 Å². The molecule has 3 nitrogen and oxygen atoms in total. The van der Waals surface area contributed by atoms with Crippen molar-refractivity contribution in [1.29, 1.82) is 0 Å². The van der Waals surface area contributed by atoms with E-state index in [0.29, 0.717) is 21.2 Å². The summed E-state index contributed by atoms with van der Waals surface area (Å²) in [6.07, 6.45) is 0. The van der Waals surface area contributed by atoms with Crippen LogP contribution >= 0.6 is 5.38 Å². The third-order valence-electron chi connectivity index (χ3n) is 0. The standard InChI is InChI=1S/Mg.HO3P/c;1-4(2)3/h;(H-,1,2,3)/q-1;/p+1. The van der Waals surface area contributed by atoms with E-state index < -0.39 is 5.38 Å². The molecule has 5 heavy (non-hydrogen) atoms. The van der Waals surface area contributed by atoms with Crippen molar-refractivity contribution in [2.75, 3.05) is 0 Å². The highest BCUT2D eigenvalue weighted by molar-refractivity contribution is 7.77. The van der Waals surface area contributed by atoms with E-state index >= 15 is 0 Å². The summed E-state index contributed by atoms with van der Waals surface area (Å²) in [6, 6.07) is 0. The van der Waals surface area contributed by atoms with Crippen LogP contribution in [-0.4, -0.2) is 31.0 Å². The zero-order valence-electron chi connectivity index (χ0n) is 2.46. The van der Waals surface area contributed by atoms with Crippen LogP contribution in [0.2, 0.25) is 0 Å². The first kappa shape index (κ1) is 5.92. The summed E-state index contributed by atoms with van der Waals surface area (Å²) in [7, 11) is 0. The van der Waals surface area contributed by atoms with Crippen molar-refractivity contribution in [3.05, 3.63) is 0 Å². The lowest BCUT2D eigenvalue weighted by molar-refractivity contribution is 0.395. The van der Waals surface area contributed by atoms with Crippen LogP contribution in [0.5, 0.6) is 0 Å². The summed E-state index contributed by atoms with van der Waals surface area (Å²) in [5, 5.41) is -3.61. The van der Waals surface area contributed by atoms with E-state index in [9.17, 15) is 4.57 Å². The van der Waals surface area contributed by atoms with Gasteiger partial charge in [-0.2, -0.15) is 0 Å². The Morgan fingerprint density at radius 3 is 1.60 bits per heavy atom. The third-order valence-corrected chi connectivity index (χ3v) is 0. The van der Waals surface area contributed by atoms with Crippen molar-refractivity contribution in [3.8, 4) is 0 Å². The van der Waals surface area contributed by atoms with E-state index in [4.69, 9.17) is 9.79 Å². The van der Waals surface area contributed by atoms with Crippen molar-refractivity contribution < 1.29 is 14.4 Å². The van der Waals surface area contributed by atoms with Gasteiger partial charge >= 0.3 is 21.2 Å². The molecule has 0 aliphatic carbocycles. The average Bonchev–Trinajstić information content (AvgIpc) is 0.722. The summed E-state index contributed by atoms with van der Waals surface area (Å²) < 4.78 is 9.34. The van der Waals surface area contributed by atoms with Gasteiger partial charge in [0, 0.05) is 0 Å². The monoisotopic (exact) mass is 105 g/mol. The second-order valence-corrected chi connectivity index (χ2v) is 4.47. The lowest BCUT2D eigenvalue weighted by Gasteiger charge is -1.90. The van der Waals surface area contributed by atoms with Gasteiger partial charge in [-0.15, -0.1) is 0 Å². The summed E-state index contributed by atoms with van der Waals surface area (Å²) >= 11 is 0.678. The molecule has 27 valence electrons. The molecule has 0 aromatic heterocycles. The number of hydrogen-bond donors (Lipinski definition) is 2. The lowest BCUT2D eigenvalue weighted by atomic mass is 15.8. The Kier molecular flexibility index (Phi) is 1.87. The molecule has 0 aliphatic rings. The van der Waals surface area contributed by atoms with Crippen LogP contribution < -0.4 is 0 Å². The average molecular weight is 105 g/mol. The zero-order chi connectivity index (χ0) is 4.50. The predicted octanol–water partition coefficient (Wildman–Crippen LogP) is -0.752. The molecule has 1 radical (unpaired) electrons. The first-order chi connectivity index (χ1) is 2.00. The fourth-order valence-electron chi connectivity index (χ4n) is 0. The maximum absolute atomic E-state index is 9.34. The molecular formula is H2MgO3P. The molecule has 0 atom stereocenters. The fourth-order valence-corrected chi connectivity index (χ4v) is 0. The summed E-state index contributed by atoms with van der Waals surface area (Å²) in [5.74, 6) is 0. The van der Waals surface area contributed by atoms with Crippen molar-refractivity contribution in [2.45, 2.75) is 0 Å². The first-order valence-electron chi connectivity index (χ1n) is 0.899. The number of rotatable bonds is 0. The van der Waals surface area contributed by atoms with E-state index in [0.717, 1.165) is 0 Å². The van der Waals surface area contributed by atoms with E-state index in [1.165, 1.54) is 0 Å². The topological polar surface area (TPSA) is 57.5 Å². The second kappa shape index (κ2) is 1.58. The van der Waals surface area contributed by atoms with E-state index in [-0.39, 0.29) is 0 Å². The summed E-state index contributed by atoms with van der Waals surface area (Å²) in [6.45, 7) is 0. The molecule has 0 saturated heterocycles. The molecule has 0 rings (SSSR count). The molecular weight excluding hydrogens is 103 g/mol. The smallest absolute Gasteiger partial charge is 0.350 e. The van der Waals surface area contributed by atoms with Crippen LogP contribution in [0.15, 0.2) is 0 Å². The van der Waals surface area contributed by atoms with Gasteiger partial charge in [0.2, 0.25) is 0 Å². The SMILES string of the molecule is O=[P](O)(O)[Mg]. The van der Waals surface area contributed by atoms with E-state index in [1.807, 2.05) is 0 Å². The van der Waals surface area contributed by atoms with Gasteiger partial charge in [-0.1, -0.05) is 0 Å². The Morgan fingerprint density at radius 1 is 1.60 bits per heavy atom. The minimum atomic E-state index is -3.61. The highest BCUT2D eigenvalue weighted by Crippen LogP contribution is 2.24. The Morgan fingerprint density at radius 2 is 1.60 bits per heavy atom. The lowest BCUT2D eigenvalue weighted by Crippen LogP contribution is -1.67. The predicted molar refractivity (Wildman–Crippen MR) is 17.8 cm³/mol. The molecule has 2 N–H and O–H groups in total. The molecule has 0 aromatic carbocycles. The molecule has 0 aromatic rings. The second-order valence-electron chi connectivity index (χ2n) is 0.665. The van der Waals surface area contributed by atoms with Crippen LogP contribution in [0.1, 0.15) is 0 Å². The Hall–Kier alpha value is 0.916. The molecule has 5 heteroatoms. The maximum atomic E-state index is 9.34. The Labute approximate surface area is 41.4 Å². The molecule has 0 amide bonds. The molecule has 0 bridgehead atoms. The van der Waals surface area contributed by atoms with E-state index in [1.54, 1.807) is 0 Å². The van der Waals surface area contributed by atoms with Crippen LogP contribution in [0.25, 0.3) is 0 Å². The van der Waals surface area contributed by atoms with Gasteiger partial charge in [-0.3, -0.25) is 0 Å². The van der Waals surface area contributed by atoms with Gasteiger partial charge < -0.3 is 14.4 Å². The molecule has 0 unspecified atom stereocenters. The highest BCUT2D eigenvalue weighted by atomic mass is 31.3. The minimum absolute atomic E-state index is 0.678. The summed E-state index contributed by atoms with van der Waals surface area (Å²) in [5.41, 5.74) is 0. The van der Waals surface area contributed by atoms with Crippen molar-refractivity contribution >= 4 is 26.6 Å². The Bertz CT molecular complexity index is 53.0. The molecule has 0 aliphatic heterocycles.